The summed E-state index contributed by atoms with van der Waals surface area (Å²) in [5.74, 6) is -0.103. The van der Waals surface area contributed by atoms with Crippen LogP contribution in [0.4, 0.5) is 0 Å². The molecule has 0 fully saturated rings. The maximum absolute atomic E-state index is 12.2. The van der Waals surface area contributed by atoms with Crippen LogP contribution in [0.2, 0.25) is 0 Å². The van der Waals surface area contributed by atoms with E-state index in [0.717, 1.165) is 41.1 Å². The Morgan fingerprint density at radius 1 is 1.00 bits per heavy atom. The molecule has 7 heteroatoms. The van der Waals surface area contributed by atoms with Crippen LogP contribution in [0.5, 0.6) is 5.75 Å². The van der Waals surface area contributed by atoms with Crippen molar-refractivity contribution in [1.82, 2.24) is 19.3 Å². The van der Waals surface area contributed by atoms with Crippen LogP contribution in [0.3, 0.4) is 0 Å². The van der Waals surface area contributed by atoms with Gasteiger partial charge in [-0.15, -0.1) is 0 Å². The third-order valence-corrected chi connectivity index (χ3v) is 4.96. The van der Waals surface area contributed by atoms with E-state index in [1.165, 1.54) is 0 Å². The van der Waals surface area contributed by atoms with Gasteiger partial charge in [0.25, 0.3) is 0 Å². The molecule has 1 N–H and O–H groups in total. The summed E-state index contributed by atoms with van der Waals surface area (Å²) in [5.41, 5.74) is 4.73. The summed E-state index contributed by atoms with van der Waals surface area (Å²) in [6.07, 6.45) is 6.21. The Kier molecular flexibility index (Phi) is 5.95. The second-order valence-electron chi connectivity index (χ2n) is 7.56. The lowest BCUT2D eigenvalue weighted by molar-refractivity contribution is 0.0493. The van der Waals surface area contributed by atoms with Gasteiger partial charge in [0.15, 0.2) is 5.65 Å². The average molecular weight is 416 g/mol. The number of rotatable bonds is 7. The number of fused-ring (bicyclic) bond motifs is 1. The van der Waals surface area contributed by atoms with E-state index in [1.807, 2.05) is 49.0 Å². The Morgan fingerprint density at radius 3 is 2.42 bits per heavy atom. The van der Waals surface area contributed by atoms with E-state index >= 15 is 0 Å². The predicted molar refractivity (Wildman–Crippen MR) is 119 cm³/mol. The number of nitrogens with zero attached hydrogens (tertiary/aromatic N) is 4. The van der Waals surface area contributed by atoms with Gasteiger partial charge in [-0.05, 0) is 56.9 Å². The summed E-state index contributed by atoms with van der Waals surface area (Å²) in [4.78, 5) is 23.2. The summed E-state index contributed by atoms with van der Waals surface area (Å²) in [7, 11) is 3.98. The van der Waals surface area contributed by atoms with Gasteiger partial charge in [-0.1, -0.05) is 12.1 Å². The molecule has 0 unspecified atom stereocenters. The van der Waals surface area contributed by atoms with Crippen molar-refractivity contribution in [1.29, 1.82) is 0 Å². The molecule has 31 heavy (non-hydrogen) atoms. The normalized spacial score (nSPS) is 11.2. The molecule has 0 saturated carbocycles. The molecule has 2 aromatic carbocycles. The molecular weight excluding hydrogens is 392 g/mol. The van der Waals surface area contributed by atoms with Crippen LogP contribution in [0, 0.1) is 0 Å². The number of esters is 1. The smallest absolute Gasteiger partial charge is 0.338 e. The molecule has 158 valence electrons. The van der Waals surface area contributed by atoms with Crippen LogP contribution < -0.4 is 0 Å². The standard InChI is InChI=1S/C24H24N4O3/c1-27(2)12-3-13-31-24(30)19-6-4-17(5-7-19)21-16-28-22(14-26-23(28)15-25-21)18-8-10-20(29)11-9-18/h4-11,14-16,29H,3,12-13H2,1-2H3. The zero-order chi connectivity index (χ0) is 21.8. The van der Waals surface area contributed by atoms with E-state index in [9.17, 15) is 9.90 Å². The summed E-state index contributed by atoms with van der Waals surface area (Å²) in [5, 5.41) is 9.54. The topological polar surface area (TPSA) is 80.0 Å². The first-order chi connectivity index (χ1) is 15.0. The van der Waals surface area contributed by atoms with E-state index in [-0.39, 0.29) is 11.7 Å². The highest BCUT2D eigenvalue weighted by Crippen LogP contribution is 2.25. The van der Waals surface area contributed by atoms with Crippen LogP contribution in [-0.2, 0) is 4.74 Å². The van der Waals surface area contributed by atoms with Gasteiger partial charge in [0.2, 0.25) is 0 Å². The summed E-state index contributed by atoms with van der Waals surface area (Å²) in [6, 6.07) is 14.2. The Balaban J connectivity index is 1.53. The maximum Gasteiger partial charge on any atom is 0.338 e. The van der Waals surface area contributed by atoms with E-state index in [2.05, 4.69) is 14.9 Å². The summed E-state index contributed by atoms with van der Waals surface area (Å²) in [6.45, 7) is 1.28. The highest BCUT2D eigenvalue weighted by atomic mass is 16.5. The van der Waals surface area contributed by atoms with Gasteiger partial charge in [0.1, 0.15) is 5.75 Å². The predicted octanol–water partition coefficient (Wildman–Crippen LogP) is 3.88. The van der Waals surface area contributed by atoms with Crippen molar-refractivity contribution in [2.24, 2.45) is 0 Å². The molecule has 0 amide bonds. The molecule has 0 atom stereocenters. The average Bonchev–Trinajstić information content (AvgIpc) is 3.20. The number of benzene rings is 2. The SMILES string of the molecule is CN(C)CCCOC(=O)c1ccc(-c2cn3c(-c4ccc(O)cc4)cnc3cn2)cc1. The van der Waals surface area contributed by atoms with Gasteiger partial charge in [-0.2, -0.15) is 0 Å². The fourth-order valence-electron chi connectivity index (χ4n) is 3.29. The Labute approximate surface area is 180 Å². The Hall–Kier alpha value is -3.71. The van der Waals surface area contributed by atoms with Crippen LogP contribution in [0.25, 0.3) is 28.2 Å². The molecule has 4 rings (SSSR count). The fourth-order valence-corrected chi connectivity index (χ4v) is 3.29. The van der Waals surface area contributed by atoms with Crippen molar-refractivity contribution in [2.45, 2.75) is 6.42 Å². The monoisotopic (exact) mass is 416 g/mol. The molecule has 0 bridgehead atoms. The molecule has 2 aromatic heterocycles. The second-order valence-corrected chi connectivity index (χ2v) is 7.56. The zero-order valence-corrected chi connectivity index (χ0v) is 17.5. The molecule has 0 radical (unpaired) electrons. The van der Waals surface area contributed by atoms with Crippen molar-refractivity contribution in [3.05, 3.63) is 72.7 Å². The first-order valence-electron chi connectivity index (χ1n) is 10.1. The number of aromatic nitrogens is 3. The molecule has 0 aliphatic carbocycles. The van der Waals surface area contributed by atoms with Crippen molar-refractivity contribution in [3.8, 4) is 28.3 Å². The van der Waals surface area contributed by atoms with Gasteiger partial charge in [-0.25, -0.2) is 9.78 Å². The lowest BCUT2D eigenvalue weighted by atomic mass is 10.1. The molecule has 7 nitrogen and oxygen atoms in total. The molecule has 4 aromatic rings. The minimum atomic E-state index is -0.321. The number of imidazole rings is 1. The number of phenolic OH excluding ortho intramolecular Hbond substituents is 1. The van der Waals surface area contributed by atoms with E-state index in [0.29, 0.717) is 12.2 Å². The summed E-state index contributed by atoms with van der Waals surface area (Å²) >= 11 is 0. The largest absolute Gasteiger partial charge is 0.508 e. The number of phenols is 1. The van der Waals surface area contributed by atoms with Gasteiger partial charge >= 0.3 is 5.97 Å². The third kappa shape index (κ3) is 4.73. The highest BCUT2D eigenvalue weighted by molar-refractivity contribution is 5.90. The first kappa shape index (κ1) is 20.6. The number of hydrogen-bond donors (Lipinski definition) is 1. The van der Waals surface area contributed by atoms with Crippen molar-refractivity contribution in [3.63, 3.8) is 0 Å². The van der Waals surface area contributed by atoms with Crippen molar-refractivity contribution < 1.29 is 14.6 Å². The quantitative estimate of drug-likeness (QED) is 0.364. The first-order valence-corrected chi connectivity index (χ1v) is 10.1. The minimum Gasteiger partial charge on any atom is -0.508 e. The van der Waals surface area contributed by atoms with Crippen LogP contribution in [0.15, 0.2) is 67.1 Å². The van der Waals surface area contributed by atoms with Crippen LogP contribution in [0.1, 0.15) is 16.8 Å². The number of ether oxygens (including phenoxy) is 1. The van der Waals surface area contributed by atoms with Gasteiger partial charge < -0.3 is 14.7 Å². The lowest BCUT2D eigenvalue weighted by Gasteiger charge is -2.10. The minimum absolute atomic E-state index is 0.219. The van der Waals surface area contributed by atoms with Gasteiger partial charge in [0, 0.05) is 23.9 Å². The molecule has 0 aliphatic heterocycles. The number of hydrogen-bond acceptors (Lipinski definition) is 6. The number of carbonyl (C=O) groups is 1. The van der Waals surface area contributed by atoms with Crippen LogP contribution in [-0.4, -0.2) is 57.6 Å². The molecule has 0 spiro atoms. The zero-order valence-electron chi connectivity index (χ0n) is 17.5. The molecule has 0 saturated heterocycles. The van der Waals surface area contributed by atoms with Gasteiger partial charge in [0.05, 0.1) is 36.0 Å². The molecular formula is C24H24N4O3. The second kappa shape index (κ2) is 8.97. The Bertz CT molecular complexity index is 1180. The highest BCUT2D eigenvalue weighted by Gasteiger charge is 2.11. The van der Waals surface area contributed by atoms with Crippen molar-refractivity contribution in [2.75, 3.05) is 27.2 Å². The maximum atomic E-state index is 12.2. The fraction of sp³-hybridized carbons (Fsp3) is 0.208. The van der Waals surface area contributed by atoms with E-state index < -0.39 is 0 Å². The Morgan fingerprint density at radius 2 is 1.71 bits per heavy atom. The van der Waals surface area contributed by atoms with Crippen LogP contribution >= 0.6 is 0 Å². The number of aromatic hydroxyl groups is 1. The summed E-state index contributed by atoms with van der Waals surface area (Å²) < 4.78 is 7.29. The lowest BCUT2D eigenvalue weighted by Crippen LogP contribution is -2.16. The number of carbonyl (C=O) groups excluding carboxylic acids is 1. The molecule has 0 aliphatic rings. The van der Waals surface area contributed by atoms with E-state index in [4.69, 9.17) is 4.74 Å². The third-order valence-electron chi connectivity index (χ3n) is 4.96. The van der Waals surface area contributed by atoms with E-state index in [1.54, 1.807) is 36.7 Å². The molecule has 2 heterocycles. The van der Waals surface area contributed by atoms with Gasteiger partial charge in [-0.3, -0.25) is 9.38 Å². The van der Waals surface area contributed by atoms with Crippen molar-refractivity contribution >= 4 is 11.6 Å².